The van der Waals surface area contributed by atoms with Gasteiger partial charge in [-0.25, -0.2) is 13.4 Å². The molecule has 1 aliphatic heterocycles. The molecule has 0 radical (unpaired) electrons. The van der Waals surface area contributed by atoms with Crippen molar-refractivity contribution < 1.29 is 17.9 Å². The average Bonchev–Trinajstić information content (AvgIpc) is 2.80. The predicted molar refractivity (Wildman–Crippen MR) is 117 cm³/mol. The van der Waals surface area contributed by atoms with E-state index in [1.165, 1.54) is 4.31 Å². The first-order valence-electron chi connectivity index (χ1n) is 9.93. The zero-order valence-corrected chi connectivity index (χ0v) is 18.2. The molecule has 0 unspecified atom stereocenters. The number of ether oxygens (including phenoxy) is 2. The summed E-state index contributed by atoms with van der Waals surface area (Å²) in [7, 11) is -2.02. The van der Waals surface area contributed by atoms with E-state index in [0.717, 1.165) is 5.82 Å². The Kier molecular flexibility index (Phi) is 6.06. The molecule has 1 fully saturated rings. The van der Waals surface area contributed by atoms with Gasteiger partial charge in [0.2, 0.25) is 15.9 Å². The highest BCUT2D eigenvalue weighted by atomic mass is 32.2. The van der Waals surface area contributed by atoms with Crippen LogP contribution in [0.25, 0.3) is 0 Å². The maximum atomic E-state index is 13.1. The number of methoxy groups -OCH3 is 1. The Morgan fingerprint density at radius 1 is 0.871 bits per heavy atom. The zero-order valence-electron chi connectivity index (χ0n) is 17.4. The highest BCUT2D eigenvalue weighted by Crippen LogP contribution is 2.25. The van der Waals surface area contributed by atoms with E-state index in [0.29, 0.717) is 49.4 Å². The molecule has 1 aromatic heterocycles. The van der Waals surface area contributed by atoms with Crippen molar-refractivity contribution in [2.75, 3.05) is 38.2 Å². The Labute approximate surface area is 182 Å². The van der Waals surface area contributed by atoms with Gasteiger partial charge in [-0.1, -0.05) is 18.2 Å². The molecule has 162 valence electrons. The molecule has 9 heteroatoms. The van der Waals surface area contributed by atoms with E-state index in [4.69, 9.17) is 9.47 Å². The largest absolute Gasteiger partial charge is 0.481 e. The van der Waals surface area contributed by atoms with E-state index in [-0.39, 0.29) is 4.90 Å². The fourth-order valence-electron chi connectivity index (χ4n) is 3.40. The number of hydrogen-bond donors (Lipinski definition) is 0. The third kappa shape index (κ3) is 4.78. The van der Waals surface area contributed by atoms with Crippen molar-refractivity contribution in [2.45, 2.75) is 11.8 Å². The summed E-state index contributed by atoms with van der Waals surface area (Å²) in [6.07, 6.45) is 0. The quantitative estimate of drug-likeness (QED) is 0.582. The van der Waals surface area contributed by atoms with Gasteiger partial charge in [0.05, 0.1) is 12.0 Å². The molecule has 3 aromatic rings. The van der Waals surface area contributed by atoms with Crippen LogP contribution in [0, 0.1) is 6.92 Å². The number of para-hydroxylation sites is 1. The molecule has 0 atom stereocenters. The number of rotatable bonds is 6. The maximum absolute atomic E-state index is 13.1. The van der Waals surface area contributed by atoms with Crippen LogP contribution < -0.4 is 14.4 Å². The molecule has 4 rings (SSSR count). The van der Waals surface area contributed by atoms with Gasteiger partial charge in [0.15, 0.2) is 0 Å². The standard InChI is InChI=1S/C22H24N4O4S/c1-17-23-21(16-22(24-17)29-2)25-12-14-26(15-13-25)31(27,28)20-10-8-19(9-11-20)30-18-6-4-3-5-7-18/h3-11,16H,12-15H2,1-2H3. The van der Waals surface area contributed by atoms with E-state index < -0.39 is 10.0 Å². The molecule has 8 nitrogen and oxygen atoms in total. The molecule has 0 N–H and O–H groups in total. The number of benzene rings is 2. The normalized spacial score (nSPS) is 15.0. The van der Waals surface area contributed by atoms with Crippen LogP contribution in [0.3, 0.4) is 0 Å². The lowest BCUT2D eigenvalue weighted by atomic mass is 10.3. The molecule has 0 amide bonds. The van der Waals surface area contributed by atoms with E-state index >= 15 is 0 Å². The number of piperazine rings is 1. The minimum atomic E-state index is -3.58. The first-order valence-corrected chi connectivity index (χ1v) is 11.4. The second-order valence-electron chi connectivity index (χ2n) is 7.09. The topological polar surface area (TPSA) is 84.9 Å². The molecule has 2 aromatic carbocycles. The average molecular weight is 441 g/mol. The van der Waals surface area contributed by atoms with Crippen LogP contribution in [0.2, 0.25) is 0 Å². The highest BCUT2D eigenvalue weighted by molar-refractivity contribution is 7.89. The molecule has 31 heavy (non-hydrogen) atoms. The van der Waals surface area contributed by atoms with Gasteiger partial charge < -0.3 is 14.4 Å². The monoisotopic (exact) mass is 440 g/mol. The molecule has 1 saturated heterocycles. The molecular weight excluding hydrogens is 416 g/mol. The van der Waals surface area contributed by atoms with Crippen molar-refractivity contribution in [2.24, 2.45) is 0 Å². The van der Waals surface area contributed by atoms with Crippen LogP contribution in [-0.4, -0.2) is 56.0 Å². The first-order chi connectivity index (χ1) is 15.0. The summed E-state index contributed by atoms with van der Waals surface area (Å²) >= 11 is 0. The van der Waals surface area contributed by atoms with E-state index in [1.54, 1.807) is 44.4 Å². The number of aromatic nitrogens is 2. The Bertz CT molecular complexity index is 1130. The van der Waals surface area contributed by atoms with E-state index in [2.05, 4.69) is 9.97 Å². The molecule has 0 saturated carbocycles. The van der Waals surface area contributed by atoms with Gasteiger partial charge in [-0.05, 0) is 43.3 Å². The van der Waals surface area contributed by atoms with Crippen LogP contribution in [0.15, 0.2) is 65.6 Å². The fraction of sp³-hybridized carbons (Fsp3) is 0.273. The Morgan fingerprint density at radius 3 is 2.16 bits per heavy atom. The third-order valence-corrected chi connectivity index (χ3v) is 6.93. The highest BCUT2D eigenvalue weighted by Gasteiger charge is 2.29. The van der Waals surface area contributed by atoms with Crippen molar-refractivity contribution in [3.63, 3.8) is 0 Å². The van der Waals surface area contributed by atoms with Gasteiger partial charge >= 0.3 is 0 Å². The Hall–Kier alpha value is -3.17. The molecule has 0 aliphatic carbocycles. The smallest absolute Gasteiger partial charge is 0.243 e. The summed E-state index contributed by atoms with van der Waals surface area (Å²) in [6, 6.07) is 17.6. The summed E-state index contributed by atoms with van der Waals surface area (Å²) in [4.78, 5) is 10.9. The predicted octanol–water partition coefficient (Wildman–Crippen LogP) is 3.10. The van der Waals surface area contributed by atoms with Crippen LogP contribution in [0.5, 0.6) is 17.4 Å². The summed E-state index contributed by atoms with van der Waals surface area (Å²) in [5, 5.41) is 0. The van der Waals surface area contributed by atoms with Crippen LogP contribution in [0.4, 0.5) is 5.82 Å². The van der Waals surface area contributed by atoms with Gasteiger partial charge in [0.1, 0.15) is 23.1 Å². The molecule has 0 spiro atoms. The lowest BCUT2D eigenvalue weighted by Gasteiger charge is -2.34. The second-order valence-corrected chi connectivity index (χ2v) is 9.03. The molecule has 1 aliphatic rings. The van der Waals surface area contributed by atoms with Gasteiger partial charge in [-0.3, -0.25) is 0 Å². The lowest BCUT2D eigenvalue weighted by molar-refractivity contribution is 0.380. The van der Waals surface area contributed by atoms with Gasteiger partial charge in [0, 0.05) is 32.2 Å². The van der Waals surface area contributed by atoms with Crippen molar-refractivity contribution >= 4 is 15.8 Å². The SMILES string of the molecule is COc1cc(N2CCN(S(=O)(=O)c3ccc(Oc4ccccc4)cc3)CC2)nc(C)n1. The maximum Gasteiger partial charge on any atom is 0.243 e. The molecular formula is C22H24N4O4S. The van der Waals surface area contributed by atoms with Gasteiger partial charge in [-0.15, -0.1) is 0 Å². The summed E-state index contributed by atoms with van der Waals surface area (Å²) < 4.78 is 38.6. The Balaban J connectivity index is 1.42. The molecule has 2 heterocycles. The van der Waals surface area contributed by atoms with Crippen LogP contribution >= 0.6 is 0 Å². The van der Waals surface area contributed by atoms with E-state index in [9.17, 15) is 8.42 Å². The number of sulfonamides is 1. The number of hydrogen-bond acceptors (Lipinski definition) is 7. The first kappa shape index (κ1) is 21.1. The minimum Gasteiger partial charge on any atom is -0.481 e. The van der Waals surface area contributed by atoms with Crippen molar-refractivity contribution in [3.8, 4) is 17.4 Å². The fourth-order valence-corrected chi connectivity index (χ4v) is 4.82. The van der Waals surface area contributed by atoms with Crippen LogP contribution in [0.1, 0.15) is 5.82 Å². The summed E-state index contributed by atoms with van der Waals surface area (Å²) in [6.45, 7) is 3.62. The summed E-state index contributed by atoms with van der Waals surface area (Å²) in [5.74, 6) is 3.13. The van der Waals surface area contributed by atoms with E-state index in [1.807, 2.05) is 35.2 Å². The second kappa shape index (κ2) is 8.91. The van der Waals surface area contributed by atoms with Crippen molar-refractivity contribution in [1.29, 1.82) is 0 Å². The lowest BCUT2D eigenvalue weighted by Crippen LogP contribution is -2.49. The van der Waals surface area contributed by atoms with Crippen LogP contribution in [-0.2, 0) is 10.0 Å². The minimum absolute atomic E-state index is 0.251. The summed E-state index contributed by atoms with van der Waals surface area (Å²) in [5.41, 5.74) is 0. The van der Waals surface area contributed by atoms with Crippen molar-refractivity contribution in [1.82, 2.24) is 14.3 Å². The van der Waals surface area contributed by atoms with Gasteiger partial charge in [-0.2, -0.15) is 9.29 Å². The molecule has 0 bridgehead atoms. The number of anilines is 1. The Morgan fingerprint density at radius 2 is 1.52 bits per heavy atom. The number of nitrogens with zero attached hydrogens (tertiary/aromatic N) is 4. The van der Waals surface area contributed by atoms with Gasteiger partial charge in [0.25, 0.3) is 0 Å². The van der Waals surface area contributed by atoms with Crippen molar-refractivity contribution in [3.05, 3.63) is 66.5 Å². The number of aryl methyl sites for hydroxylation is 1. The third-order valence-electron chi connectivity index (χ3n) is 5.01. The zero-order chi connectivity index (χ0) is 21.8.